The molecule has 0 amide bonds. The largest absolute Gasteiger partial charge is 0.491 e. The van der Waals surface area contributed by atoms with Gasteiger partial charge in [0.25, 0.3) is 0 Å². The van der Waals surface area contributed by atoms with Gasteiger partial charge in [-0.1, -0.05) is 35.3 Å². The molecule has 0 spiro atoms. The Hall–Kier alpha value is -1.89. The number of methoxy groups -OCH3 is 1. The number of aliphatic imine (C=N–C) groups is 1. The molecule has 0 unspecified atom stereocenters. The number of aromatic nitrogens is 1. The fourth-order valence-electron chi connectivity index (χ4n) is 2.29. The van der Waals surface area contributed by atoms with Crippen LogP contribution >= 0.6 is 23.2 Å². The molecule has 0 saturated carbocycles. The summed E-state index contributed by atoms with van der Waals surface area (Å²) in [6, 6.07) is 9.75. The average molecular weight is 399 g/mol. The van der Waals surface area contributed by atoms with Crippen LogP contribution in [0, 0.1) is 0 Å². The number of guanidine groups is 1. The van der Waals surface area contributed by atoms with Crippen molar-refractivity contribution >= 4 is 29.2 Å². The zero-order valence-corrected chi connectivity index (χ0v) is 16.7. The Balaban J connectivity index is 1.82. The molecule has 0 saturated heterocycles. The highest BCUT2D eigenvalue weighted by Gasteiger charge is 2.09. The number of halogens is 2. The van der Waals surface area contributed by atoms with Gasteiger partial charge in [-0.25, -0.2) is 0 Å². The van der Waals surface area contributed by atoms with Crippen LogP contribution in [0.3, 0.4) is 0 Å². The van der Waals surface area contributed by atoms with Gasteiger partial charge in [-0.15, -0.1) is 0 Å². The Morgan fingerprint density at radius 2 is 1.81 bits per heavy atom. The Kier molecular flexibility index (Phi) is 8.09. The fourth-order valence-corrected chi connectivity index (χ4v) is 2.70. The van der Waals surface area contributed by atoms with E-state index in [9.17, 15) is 0 Å². The van der Waals surface area contributed by atoms with Crippen LogP contribution in [-0.4, -0.2) is 37.9 Å². The lowest BCUT2D eigenvalue weighted by atomic mass is 10.2. The van der Waals surface area contributed by atoms with E-state index < -0.39 is 0 Å². The second kappa shape index (κ2) is 10.3. The van der Waals surface area contributed by atoms with E-state index in [1.54, 1.807) is 14.2 Å². The van der Waals surface area contributed by atoms with Crippen LogP contribution in [0.5, 0.6) is 5.75 Å². The Labute approximate surface area is 164 Å². The van der Waals surface area contributed by atoms with Crippen molar-refractivity contribution in [2.75, 3.05) is 27.4 Å². The molecule has 6 nitrogen and oxygen atoms in total. The first-order chi connectivity index (χ1) is 12.5. The van der Waals surface area contributed by atoms with Crippen LogP contribution < -0.4 is 15.4 Å². The maximum atomic E-state index is 6.08. The van der Waals surface area contributed by atoms with Gasteiger partial charge in [-0.05, 0) is 23.8 Å². The topological polar surface area (TPSA) is 59.8 Å². The van der Waals surface area contributed by atoms with E-state index in [0.29, 0.717) is 42.4 Å². The molecule has 0 bridgehead atoms. The predicted molar refractivity (Wildman–Crippen MR) is 106 cm³/mol. The molecule has 0 radical (unpaired) electrons. The molecule has 0 aliphatic rings. The van der Waals surface area contributed by atoms with Crippen molar-refractivity contribution in [1.29, 1.82) is 0 Å². The zero-order chi connectivity index (χ0) is 18.9. The number of hydrogen-bond acceptors (Lipinski definition) is 3. The Morgan fingerprint density at radius 1 is 1.12 bits per heavy atom. The minimum atomic E-state index is 0.527. The quantitative estimate of drug-likeness (QED) is 0.407. The SMILES string of the molecule is CN=C(NCc1ccc(OCCOC)cc1)NCc1cc(Cl)c(Cl)n1C. The Bertz CT molecular complexity index is 730. The van der Waals surface area contributed by atoms with E-state index in [1.807, 2.05) is 41.9 Å². The predicted octanol–water partition coefficient (Wildman–Crippen LogP) is 3.22. The van der Waals surface area contributed by atoms with Crippen molar-refractivity contribution in [2.45, 2.75) is 13.1 Å². The van der Waals surface area contributed by atoms with E-state index in [-0.39, 0.29) is 0 Å². The smallest absolute Gasteiger partial charge is 0.191 e. The average Bonchev–Trinajstić information content (AvgIpc) is 2.90. The summed E-state index contributed by atoms with van der Waals surface area (Å²) in [5, 5.41) is 7.59. The minimum Gasteiger partial charge on any atom is -0.491 e. The highest BCUT2D eigenvalue weighted by Crippen LogP contribution is 2.24. The van der Waals surface area contributed by atoms with Gasteiger partial charge >= 0.3 is 0 Å². The van der Waals surface area contributed by atoms with Crippen molar-refractivity contribution < 1.29 is 9.47 Å². The van der Waals surface area contributed by atoms with Gasteiger partial charge in [0.2, 0.25) is 0 Å². The second-order valence-electron chi connectivity index (χ2n) is 5.60. The third-order valence-electron chi connectivity index (χ3n) is 3.82. The van der Waals surface area contributed by atoms with Crippen LogP contribution in [0.15, 0.2) is 35.3 Å². The summed E-state index contributed by atoms with van der Waals surface area (Å²) in [7, 11) is 5.25. The van der Waals surface area contributed by atoms with Gasteiger partial charge in [0.1, 0.15) is 17.5 Å². The highest BCUT2D eigenvalue weighted by atomic mass is 35.5. The van der Waals surface area contributed by atoms with Gasteiger partial charge in [-0.2, -0.15) is 0 Å². The molecule has 0 fully saturated rings. The van der Waals surface area contributed by atoms with E-state index in [1.165, 1.54) is 0 Å². The molecule has 8 heteroatoms. The summed E-state index contributed by atoms with van der Waals surface area (Å²) in [6.07, 6.45) is 0. The Morgan fingerprint density at radius 3 is 2.38 bits per heavy atom. The molecule has 0 aliphatic carbocycles. The van der Waals surface area contributed by atoms with Crippen molar-refractivity contribution in [2.24, 2.45) is 12.0 Å². The van der Waals surface area contributed by atoms with Crippen LogP contribution in [-0.2, 0) is 24.9 Å². The van der Waals surface area contributed by atoms with Crippen LogP contribution in [0.25, 0.3) is 0 Å². The lowest BCUT2D eigenvalue weighted by molar-refractivity contribution is 0.146. The zero-order valence-electron chi connectivity index (χ0n) is 15.2. The fraction of sp³-hybridized carbons (Fsp3) is 0.389. The summed E-state index contributed by atoms with van der Waals surface area (Å²) in [5.41, 5.74) is 2.09. The van der Waals surface area contributed by atoms with Crippen LogP contribution in [0.1, 0.15) is 11.3 Å². The number of rotatable bonds is 8. The number of hydrogen-bond donors (Lipinski definition) is 2. The van der Waals surface area contributed by atoms with Gasteiger partial charge in [0.15, 0.2) is 5.96 Å². The number of nitrogens with one attached hydrogen (secondary N) is 2. The lowest BCUT2D eigenvalue weighted by Gasteiger charge is -2.13. The van der Waals surface area contributed by atoms with Crippen LogP contribution in [0.4, 0.5) is 0 Å². The van der Waals surface area contributed by atoms with Crippen molar-refractivity contribution in [3.05, 3.63) is 51.8 Å². The summed E-state index contributed by atoms with van der Waals surface area (Å²) in [6.45, 7) is 2.32. The molecule has 142 valence electrons. The van der Waals surface area contributed by atoms with E-state index in [2.05, 4.69) is 15.6 Å². The molecule has 1 aromatic heterocycles. The normalized spacial score (nSPS) is 11.5. The molecule has 1 heterocycles. The minimum absolute atomic E-state index is 0.527. The standard InChI is InChI=1S/C18H24Cl2N4O2/c1-21-18(23-12-14-10-16(19)17(20)24(14)2)22-11-13-4-6-15(7-5-13)26-9-8-25-3/h4-7,10H,8-9,11-12H2,1-3H3,(H2,21,22,23). The van der Waals surface area contributed by atoms with E-state index in [4.69, 9.17) is 32.7 Å². The van der Waals surface area contributed by atoms with Crippen molar-refractivity contribution in [3.8, 4) is 5.75 Å². The van der Waals surface area contributed by atoms with E-state index in [0.717, 1.165) is 17.0 Å². The monoisotopic (exact) mass is 398 g/mol. The second-order valence-corrected chi connectivity index (χ2v) is 6.36. The summed E-state index contributed by atoms with van der Waals surface area (Å²) in [4.78, 5) is 4.23. The molecular weight excluding hydrogens is 375 g/mol. The van der Waals surface area contributed by atoms with Gasteiger partial charge < -0.3 is 24.7 Å². The maximum Gasteiger partial charge on any atom is 0.191 e. The first-order valence-corrected chi connectivity index (χ1v) is 8.95. The van der Waals surface area contributed by atoms with Gasteiger partial charge in [0.05, 0.1) is 18.2 Å². The molecule has 2 aromatic rings. The third kappa shape index (κ3) is 5.83. The van der Waals surface area contributed by atoms with Gasteiger partial charge in [0, 0.05) is 33.4 Å². The number of ether oxygens (including phenoxy) is 2. The van der Waals surface area contributed by atoms with Crippen molar-refractivity contribution in [1.82, 2.24) is 15.2 Å². The molecule has 2 rings (SSSR count). The van der Waals surface area contributed by atoms with Gasteiger partial charge in [-0.3, -0.25) is 4.99 Å². The molecule has 2 N–H and O–H groups in total. The molecular formula is C18H24Cl2N4O2. The summed E-state index contributed by atoms with van der Waals surface area (Å²) >= 11 is 12.1. The lowest BCUT2D eigenvalue weighted by Crippen LogP contribution is -2.36. The maximum absolute atomic E-state index is 6.08. The first-order valence-electron chi connectivity index (χ1n) is 8.20. The van der Waals surface area contributed by atoms with E-state index >= 15 is 0 Å². The summed E-state index contributed by atoms with van der Waals surface area (Å²) in [5.74, 6) is 1.52. The van der Waals surface area contributed by atoms with Crippen LogP contribution in [0.2, 0.25) is 10.2 Å². The molecule has 0 aliphatic heterocycles. The third-order valence-corrected chi connectivity index (χ3v) is 4.66. The highest BCUT2D eigenvalue weighted by molar-refractivity contribution is 6.41. The summed E-state index contributed by atoms with van der Waals surface area (Å²) < 4.78 is 12.4. The molecule has 0 atom stereocenters. The first kappa shape index (κ1) is 20.4. The molecule has 1 aromatic carbocycles. The number of nitrogens with zero attached hydrogens (tertiary/aromatic N) is 2. The molecule has 26 heavy (non-hydrogen) atoms. The number of benzene rings is 1. The van der Waals surface area contributed by atoms with Crippen molar-refractivity contribution in [3.63, 3.8) is 0 Å².